The number of aromatic nitrogens is 2. The summed E-state index contributed by atoms with van der Waals surface area (Å²) in [7, 11) is 2.12. The van der Waals surface area contributed by atoms with Gasteiger partial charge in [0.2, 0.25) is 5.91 Å². The average Bonchev–Trinajstić information content (AvgIpc) is 3.13. The van der Waals surface area contributed by atoms with Crippen molar-refractivity contribution in [3.8, 4) is 0 Å². The number of hydrogen-bond donors (Lipinski definition) is 1. The summed E-state index contributed by atoms with van der Waals surface area (Å²) in [6.07, 6.45) is 5.46. The Morgan fingerprint density at radius 3 is 2.77 bits per heavy atom. The fourth-order valence-corrected chi connectivity index (χ4v) is 4.00. The molecule has 4 atom stereocenters. The van der Waals surface area contributed by atoms with E-state index >= 15 is 0 Å². The zero-order valence-electron chi connectivity index (χ0n) is 15.6. The van der Waals surface area contributed by atoms with Crippen molar-refractivity contribution in [2.24, 2.45) is 5.92 Å². The molecule has 3 rings (SSSR count). The van der Waals surface area contributed by atoms with Crippen LogP contribution >= 0.6 is 11.6 Å². The molecule has 0 saturated carbocycles. The molecule has 2 aromatic rings. The van der Waals surface area contributed by atoms with Gasteiger partial charge in [0.15, 0.2) is 0 Å². The Balaban J connectivity index is 1.77. The van der Waals surface area contributed by atoms with E-state index in [0.717, 1.165) is 24.9 Å². The second-order valence-corrected chi connectivity index (χ2v) is 7.71. The van der Waals surface area contributed by atoms with Crippen molar-refractivity contribution < 1.29 is 4.79 Å². The minimum absolute atomic E-state index is 0.0631. The number of nitrogens with one attached hydrogen (secondary N) is 1. The molecule has 0 aliphatic carbocycles. The normalized spacial score (nSPS) is 23.4. The molecule has 5 nitrogen and oxygen atoms in total. The first-order valence-corrected chi connectivity index (χ1v) is 9.59. The second kappa shape index (κ2) is 8.23. The summed E-state index contributed by atoms with van der Waals surface area (Å²) in [4.78, 5) is 15.2. The van der Waals surface area contributed by atoms with Crippen molar-refractivity contribution in [2.45, 2.75) is 44.8 Å². The fraction of sp³-hybridized carbons (Fsp3) is 0.500. The highest BCUT2D eigenvalue weighted by Gasteiger charge is 2.31. The molecule has 0 spiro atoms. The van der Waals surface area contributed by atoms with Crippen LogP contribution in [0.15, 0.2) is 42.7 Å². The maximum absolute atomic E-state index is 12.9. The summed E-state index contributed by atoms with van der Waals surface area (Å²) in [6.45, 7) is 5.16. The SMILES string of the molecule is C[C@H](NC(=O)[C@H]1CCN(C)[C@@H](C)C1)[C@H](c1ccccc1Cl)n1cccn1. The third kappa shape index (κ3) is 4.10. The van der Waals surface area contributed by atoms with Gasteiger partial charge >= 0.3 is 0 Å². The molecule has 140 valence electrons. The van der Waals surface area contributed by atoms with E-state index in [9.17, 15) is 4.79 Å². The highest BCUT2D eigenvalue weighted by molar-refractivity contribution is 6.31. The van der Waals surface area contributed by atoms with Gasteiger partial charge in [0.05, 0.1) is 12.1 Å². The smallest absolute Gasteiger partial charge is 0.223 e. The minimum Gasteiger partial charge on any atom is -0.351 e. The quantitative estimate of drug-likeness (QED) is 0.873. The number of likely N-dealkylation sites (tertiary alicyclic amines) is 1. The average molecular weight is 375 g/mol. The molecule has 2 heterocycles. The molecular formula is C20H27ClN4O. The second-order valence-electron chi connectivity index (χ2n) is 7.30. The molecular weight excluding hydrogens is 348 g/mol. The number of rotatable bonds is 5. The van der Waals surface area contributed by atoms with Crippen molar-refractivity contribution in [2.75, 3.05) is 13.6 Å². The van der Waals surface area contributed by atoms with E-state index in [4.69, 9.17) is 11.6 Å². The van der Waals surface area contributed by atoms with Gasteiger partial charge in [0.25, 0.3) is 0 Å². The Kier molecular flexibility index (Phi) is 5.99. The van der Waals surface area contributed by atoms with Gasteiger partial charge in [-0.1, -0.05) is 29.8 Å². The predicted octanol–water partition coefficient (Wildman–Crippen LogP) is 3.36. The Bertz CT molecular complexity index is 733. The number of hydrogen-bond acceptors (Lipinski definition) is 3. The Morgan fingerprint density at radius 1 is 1.35 bits per heavy atom. The fourth-order valence-electron chi connectivity index (χ4n) is 3.75. The van der Waals surface area contributed by atoms with Gasteiger partial charge in [0, 0.05) is 29.4 Å². The van der Waals surface area contributed by atoms with E-state index in [1.165, 1.54) is 0 Å². The number of carbonyl (C=O) groups is 1. The predicted molar refractivity (Wildman–Crippen MR) is 104 cm³/mol. The lowest BCUT2D eigenvalue weighted by Gasteiger charge is -2.35. The van der Waals surface area contributed by atoms with Gasteiger partial charge in [-0.15, -0.1) is 0 Å². The van der Waals surface area contributed by atoms with Gasteiger partial charge in [-0.3, -0.25) is 9.48 Å². The number of benzene rings is 1. The van der Waals surface area contributed by atoms with Crippen molar-refractivity contribution >= 4 is 17.5 Å². The monoisotopic (exact) mass is 374 g/mol. The van der Waals surface area contributed by atoms with Crippen LogP contribution in [-0.4, -0.2) is 46.3 Å². The number of amides is 1. The van der Waals surface area contributed by atoms with Crippen LogP contribution in [0.1, 0.15) is 38.3 Å². The highest BCUT2D eigenvalue weighted by atomic mass is 35.5. The molecule has 0 bridgehead atoms. The Labute approximate surface area is 160 Å². The first-order valence-electron chi connectivity index (χ1n) is 9.21. The van der Waals surface area contributed by atoms with Crippen molar-refractivity contribution in [3.05, 3.63) is 53.3 Å². The van der Waals surface area contributed by atoms with Gasteiger partial charge < -0.3 is 10.2 Å². The standard InChI is InChI=1S/C20H27ClN4O/c1-14-13-16(9-12-24(14)3)20(26)23-15(2)19(25-11-6-10-22-25)17-7-4-5-8-18(17)21/h4-8,10-11,14-16,19H,9,12-13H2,1-3H3,(H,23,26)/t14-,15-,16-,19+/m0/s1. The molecule has 1 amide bonds. The molecule has 26 heavy (non-hydrogen) atoms. The van der Waals surface area contributed by atoms with Crippen LogP contribution in [-0.2, 0) is 4.79 Å². The van der Waals surface area contributed by atoms with Crippen LogP contribution in [0.3, 0.4) is 0 Å². The van der Waals surface area contributed by atoms with E-state index in [0.29, 0.717) is 11.1 Å². The lowest BCUT2D eigenvalue weighted by molar-refractivity contribution is -0.127. The third-order valence-electron chi connectivity index (χ3n) is 5.46. The lowest BCUT2D eigenvalue weighted by Crippen LogP contribution is -2.47. The van der Waals surface area contributed by atoms with E-state index in [1.54, 1.807) is 6.20 Å². The molecule has 1 N–H and O–H groups in total. The number of halogens is 1. The van der Waals surface area contributed by atoms with Gasteiger partial charge in [-0.2, -0.15) is 5.10 Å². The zero-order valence-corrected chi connectivity index (χ0v) is 16.4. The number of carbonyl (C=O) groups excluding carboxylic acids is 1. The number of nitrogens with zero attached hydrogens (tertiary/aromatic N) is 3. The van der Waals surface area contributed by atoms with Crippen LogP contribution in [0, 0.1) is 5.92 Å². The van der Waals surface area contributed by atoms with Crippen LogP contribution in [0.2, 0.25) is 5.02 Å². The topological polar surface area (TPSA) is 50.2 Å². The molecule has 0 radical (unpaired) electrons. The van der Waals surface area contributed by atoms with E-state index in [-0.39, 0.29) is 23.9 Å². The molecule has 6 heteroatoms. The molecule has 1 fully saturated rings. The summed E-state index contributed by atoms with van der Waals surface area (Å²) in [6, 6.07) is 9.79. The van der Waals surface area contributed by atoms with Crippen LogP contribution in [0.4, 0.5) is 0 Å². The first kappa shape index (κ1) is 18.9. The maximum atomic E-state index is 12.9. The van der Waals surface area contributed by atoms with E-state index in [2.05, 4.69) is 29.3 Å². The lowest BCUT2D eigenvalue weighted by atomic mass is 9.90. The zero-order chi connectivity index (χ0) is 18.7. The van der Waals surface area contributed by atoms with Gasteiger partial charge in [0.1, 0.15) is 0 Å². The van der Waals surface area contributed by atoms with Crippen LogP contribution in [0.25, 0.3) is 0 Å². The third-order valence-corrected chi connectivity index (χ3v) is 5.80. The Hall–Kier alpha value is -1.85. The van der Waals surface area contributed by atoms with Crippen molar-refractivity contribution in [3.63, 3.8) is 0 Å². The maximum Gasteiger partial charge on any atom is 0.223 e. The number of piperidine rings is 1. The minimum atomic E-state index is -0.147. The van der Waals surface area contributed by atoms with Crippen molar-refractivity contribution in [1.29, 1.82) is 0 Å². The van der Waals surface area contributed by atoms with Crippen LogP contribution < -0.4 is 5.32 Å². The summed E-state index contributed by atoms with van der Waals surface area (Å²) in [5, 5.41) is 8.30. The van der Waals surface area contributed by atoms with E-state index < -0.39 is 0 Å². The molecule has 1 aromatic heterocycles. The molecule has 1 saturated heterocycles. The first-order chi connectivity index (χ1) is 12.5. The molecule has 1 aliphatic rings. The largest absolute Gasteiger partial charge is 0.351 e. The van der Waals surface area contributed by atoms with Gasteiger partial charge in [-0.05, 0) is 58.0 Å². The summed E-state index contributed by atoms with van der Waals surface area (Å²) < 4.78 is 1.86. The molecule has 1 aromatic carbocycles. The highest BCUT2D eigenvalue weighted by Crippen LogP contribution is 2.29. The van der Waals surface area contributed by atoms with Crippen LogP contribution in [0.5, 0.6) is 0 Å². The van der Waals surface area contributed by atoms with E-state index in [1.807, 2.05) is 48.1 Å². The molecule has 1 aliphatic heterocycles. The summed E-state index contributed by atoms with van der Waals surface area (Å²) in [5.74, 6) is 0.190. The Morgan fingerprint density at radius 2 is 2.12 bits per heavy atom. The summed E-state index contributed by atoms with van der Waals surface area (Å²) >= 11 is 6.44. The van der Waals surface area contributed by atoms with Crippen molar-refractivity contribution in [1.82, 2.24) is 20.0 Å². The molecule has 0 unspecified atom stereocenters. The van der Waals surface area contributed by atoms with Gasteiger partial charge in [-0.25, -0.2) is 0 Å². The summed E-state index contributed by atoms with van der Waals surface area (Å²) in [5.41, 5.74) is 0.961.